The van der Waals surface area contributed by atoms with Crippen molar-refractivity contribution in [2.24, 2.45) is 0 Å². The molecule has 0 saturated heterocycles. The van der Waals surface area contributed by atoms with E-state index in [-0.39, 0.29) is 0 Å². The van der Waals surface area contributed by atoms with Crippen LogP contribution in [0.2, 0.25) is 0 Å². The fraction of sp³-hybridized carbons (Fsp3) is 0.769. The Bertz CT molecular complexity index is 503. The van der Waals surface area contributed by atoms with E-state index in [9.17, 15) is 0 Å². The Morgan fingerprint density at radius 1 is 0.412 bits per heavy atom. The van der Waals surface area contributed by atoms with Crippen molar-refractivity contribution in [1.29, 1.82) is 0 Å². The van der Waals surface area contributed by atoms with Crippen molar-refractivity contribution in [3.8, 4) is 0 Å². The van der Waals surface area contributed by atoms with Gasteiger partial charge in [0.05, 0.1) is 99.1 Å². The highest BCUT2D eigenvalue weighted by molar-refractivity contribution is 5.13. The van der Waals surface area contributed by atoms with Crippen molar-refractivity contribution >= 4 is 0 Å². The molecule has 0 N–H and O–H groups in total. The average molecular weight is 487 g/mol. The van der Waals surface area contributed by atoms with E-state index in [0.29, 0.717) is 99.1 Å². The smallest absolute Gasteiger partial charge is 0.0718 e. The van der Waals surface area contributed by atoms with Crippen molar-refractivity contribution in [3.63, 3.8) is 0 Å². The molecule has 0 aromatic heterocycles. The molecule has 198 valence electrons. The van der Waals surface area contributed by atoms with Gasteiger partial charge in [0.25, 0.3) is 0 Å². The highest BCUT2D eigenvalue weighted by Crippen LogP contribution is 2.00. The predicted octanol–water partition coefficient (Wildman–Crippen LogP) is 3.51. The normalized spacial score (nSPS) is 11.3. The maximum atomic E-state index is 5.55. The van der Waals surface area contributed by atoms with E-state index >= 15 is 0 Å². The molecule has 1 rings (SSSR count). The Morgan fingerprint density at radius 3 is 1.15 bits per heavy atom. The zero-order valence-corrected chi connectivity index (χ0v) is 21.1. The molecule has 0 heterocycles. The van der Waals surface area contributed by atoms with Gasteiger partial charge in [-0.15, -0.1) is 0 Å². The van der Waals surface area contributed by atoms with Gasteiger partial charge in [-0.25, -0.2) is 0 Å². The SMILES string of the molecule is CCCCCOCCOCCOCCOCCOCCOCCOCCOCc1ccccc1. The van der Waals surface area contributed by atoms with Gasteiger partial charge in [-0.3, -0.25) is 0 Å². The van der Waals surface area contributed by atoms with Crippen molar-refractivity contribution in [3.05, 3.63) is 35.9 Å². The third-order valence-corrected chi connectivity index (χ3v) is 4.61. The predicted molar refractivity (Wildman–Crippen MR) is 131 cm³/mol. The standard InChI is InChI=1S/C26H46O8/c1-2-3-7-10-27-11-12-28-13-14-29-15-16-30-17-18-31-19-20-32-21-22-33-23-24-34-25-26-8-5-4-6-9-26/h4-6,8-9H,2-3,7,10-25H2,1H3. The maximum Gasteiger partial charge on any atom is 0.0718 e. The lowest BCUT2D eigenvalue weighted by Gasteiger charge is -2.08. The second kappa shape index (κ2) is 26.5. The summed E-state index contributed by atoms with van der Waals surface area (Å²) in [5.74, 6) is 0. The van der Waals surface area contributed by atoms with E-state index in [1.165, 1.54) is 18.4 Å². The molecule has 0 fully saturated rings. The summed E-state index contributed by atoms with van der Waals surface area (Å²) in [5.41, 5.74) is 1.17. The molecule has 0 bridgehead atoms. The van der Waals surface area contributed by atoms with Crippen LogP contribution < -0.4 is 0 Å². The van der Waals surface area contributed by atoms with Gasteiger partial charge >= 0.3 is 0 Å². The van der Waals surface area contributed by atoms with Crippen LogP contribution in [0.15, 0.2) is 30.3 Å². The molecule has 0 spiro atoms. The number of hydrogen-bond acceptors (Lipinski definition) is 8. The molecule has 8 heteroatoms. The minimum absolute atomic E-state index is 0.541. The van der Waals surface area contributed by atoms with Gasteiger partial charge in [-0.1, -0.05) is 50.1 Å². The van der Waals surface area contributed by atoms with E-state index < -0.39 is 0 Å². The van der Waals surface area contributed by atoms with E-state index in [1.54, 1.807) is 0 Å². The van der Waals surface area contributed by atoms with Gasteiger partial charge in [0, 0.05) is 6.61 Å². The molecule has 1 aromatic carbocycles. The van der Waals surface area contributed by atoms with Crippen molar-refractivity contribution < 1.29 is 37.9 Å². The molecule has 0 amide bonds. The lowest BCUT2D eigenvalue weighted by Crippen LogP contribution is -2.15. The highest BCUT2D eigenvalue weighted by atomic mass is 16.6. The second-order valence-electron chi connectivity index (χ2n) is 7.53. The lowest BCUT2D eigenvalue weighted by atomic mass is 10.2. The second-order valence-corrected chi connectivity index (χ2v) is 7.53. The average Bonchev–Trinajstić information content (AvgIpc) is 2.87. The molecule has 0 aliphatic rings. The van der Waals surface area contributed by atoms with Crippen LogP contribution in [-0.2, 0) is 44.5 Å². The van der Waals surface area contributed by atoms with E-state index in [1.807, 2.05) is 30.3 Å². The Morgan fingerprint density at radius 2 is 0.765 bits per heavy atom. The summed E-state index contributed by atoms with van der Waals surface area (Å²) < 4.78 is 43.8. The number of hydrogen-bond donors (Lipinski definition) is 0. The molecule has 0 saturated carbocycles. The van der Waals surface area contributed by atoms with Gasteiger partial charge in [0.15, 0.2) is 0 Å². The maximum absolute atomic E-state index is 5.55. The minimum Gasteiger partial charge on any atom is -0.379 e. The summed E-state index contributed by atoms with van der Waals surface area (Å²) in [5, 5.41) is 0. The van der Waals surface area contributed by atoms with Crippen molar-refractivity contribution in [1.82, 2.24) is 0 Å². The Kier molecular flexibility index (Phi) is 24.1. The third kappa shape index (κ3) is 22.7. The molecular formula is C26H46O8. The summed E-state index contributed by atoms with van der Waals surface area (Å²) in [6, 6.07) is 10.1. The Balaban J connectivity index is 1.64. The van der Waals surface area contributed by atoms with Crippen LogP contribution in [0.25, 0.3) is 0 Å². The molecule has 0 unspecified atom stereocenters. The van der Waals surface area contributed by atoms with Gasteiger partial charge in [-0.2, -0.15) is 0 Å². The number of rotatable bonds is 27. The van der Waals surface area contributed by atoms with Crippen LogP contribution in [0.3, 0.4) is 0 Å². The van der Waals surface area contributed by atoms with Gasteiger partial charge in [0.2, 0.25) is 0 Å². The van der Waals surface area contributed by atoms with Crippen LogP contribution in [0.1, 0.15) is 31.7 Å². The van der Waals surface area contributed by atoms with Gasteiger partial charge in [-0.05, 0) is 12.0 Å². The van der Waals surface area contributed by atoms with Gasteiger partial charge in [0.1, 0.15) is 0 Å². The zero-order valence-electron chi connectivity index (χ0n) is 21.1. The molecule has 8 nitrogen and oxygen atoms in total. The quantitative estimate of drug-likeness (QED) is 0.175. The first-order valence-corrected chi connectivity index (χ1v) is 12.6. The van der Waals surface area contributed by atoms with Crippen LogP contribution in [-0.4, -0.2) is 99.1 Å². The summed E-state index contributed by atoms with van der Waals surface area (Å²) >= 11 is 0. The fourth-order valence-corrected chi connectivity index (χ4v) is 2.76. The molecule has 0 aliphatic heterocycles. The van der Waals surface area contributed by atoms with E-state index in [4.69, 9.17) is 37.9 Å². The third-order valence-electron chi connectivity index (χ3n) is 4.61. The minimum atomic E-state index is 0.541. The number of benzene rings is 1. The molecule has 0 radical (unpaired) electrons. The molecule has 0 atom stereocenters. The first kappa shape index (κ1) is 30.9. The largest absolute Gasteiger partial charge is 0.379 e. The van der Waals surface area contributed by atoms with Crippen molar-refractivity contribution in [2.45, 2.75) is 32.8 Å². The summed E-state index contributed by atoms with van der Waals surface area (Å²) in [7, 11) is 0. The van der Waals surface area contributed by atoms with Crippen LogP contribution in [0.4, 0.5) is 0 Å². The zero-order chi connectivity index (χ0) is 24.2. The van der Waals surface area contributed by atoms with Crippen LogP contribution >= 0.6 is 0 Å². The molecule has 1 aromatic rings. The molecule has 34 heavy (non-hydrogen) atoms. The molecular weight excluding hydrogens is 440 g/mol. The van der Waals surface area contributed by atoms with Crippen molar-refractivity contribution in [2.75, 3.05) is 99.1 Å². The molecule has 0 aliphatic carbocycles. The first-order valence-electron chi connectivity index (χ1n) is 12.6. The fourth-order valence-electron chi connectivity index (χ4n) is 2.76. The van der Waals surface area contributed by atoms with E-state index in [2.05, 4.69) is 6.92 Å². The summed E-state index contributed by atoms with van der Waals surface area (Å²) in [4.78, 5) is 0. The van der Waals surface area contributed by atoms with Crippen LogP contribution in [0, 0.1) is 0 Å². The number of unbranched alkanes of at least 4 members (excludes halogenated alkanes) is 2. The van der Waals surface area contributed by atoms with Crippen LogP contribution in [0.5, 0.6) is 0 Å². The Hall–Kier alpha value is -1.10. The number of ether oxygens (including phenoxy) is 8. The summed E-state index contributed by atoms with van der Waals surface area (Å²) in [6.45, 7) is 11.5. The Labute approximate surface area is 206 Å². The highest BCUT2D eigenvalue weighted by Gasteiger charge is 1.96. The topological polar surface area (TPSA) is 73.8 Å². The first-order chi connectivity index (χ1) is 16.9. The van der Waals surface area contributed by atoms with Gasteiger partial charge < -0.3 is 37.9 Å². The lowest BCUT2D eigenvalue weighted by molar-refractivity contribution is -0.0236. The monoisotopic (exact) mass is 486 g/mol. The summed E-state index contributed by atoms with van der Waals surface area (Å²) in [6.07, 6.45) is 3.56. The van der Waals surface area contributed by atoms with E-state index in [0.717, 1.165) is 13.0 Å².